The number of esters is 1. The van der Waals surface area contributed by atoms with Crippen LogP contribution in [0.3, 0.4) is 0 Å². The second kappa shape index (κ2) is 8.44. The van der Waals surface area contributed by atoms with Crippen molar-refractivity contribution in [3.63, 3.8) is 0 Å². The second-order valence-electron chi connectivity index (χ2n) is 1.54. The van der Waals surface area contributed by atoms with E-state index in [-0.39, 0.29) is 6.10 Å². The predicted molar refractivity (Wildman–Crippen MR) is 35.5 cm³/mol. The zero-order valence-electron chi connectivity index (χ0n) is 5.69. The van der Waals surface area contributed by atoms with Gasteiger partial charge in [0.15, 0.2) is 5.97 Å². The summed E-state index contributed by atoms with van der Waals surface area (Å²) in [6, 6.07) is 0. The Hall–Kier alpha value is 0.443. The van der Waals surface area contributed by atoms with E-state index in [4.69, 9.17) is 0 Å². The number of hydrogen-bond donors (Lipinski definition) is 0. The summed E-state index contributed by atoms with van der Waals surface area (Å²) in [6.45, 7) is 6.58. The van der Waals surface area contributed by atoms with Crippen LogP contribution < -0.4 is 0 Å². The normalized spacial score (nSPS) is 7.78. The summed E-state index contributed by atoms with van der Waals surface area (Å²) >= 11 is 4.25. The van der Waals surface area contributed by atoms with Crippen LogP contribution in [0.4, 0.5) is 0 Å². The molecular formula is C5H9BrO2Zn. The van der Waals surface area contributed by atoms with Gasteiger partial charge in [-0.25, -0.2) is 0 Å². The Balaban J connectivity index is 0. The number of ether oxygens (including phenoxy) is 1. The van der Waals surface area contributed by atoms with Gasteiger partial charge in [0.2, 0.25) is 0 Å². The summed E-state index contributed by atoms with van der Waals surface area (Å²) in [7, 11) is 0. The molecule has 0 unspecified atom stereocenters. The van der Waals surface area contributed by atoms with Gasteiger partial charge in [-0.3, -0.25) is 11.7 Å². The van der Waals surface area contributed by atoms with Crippen LogP contribution in [0, 0.1) is 6.92 Å². The molecule has 0 amide bonds. The third-order valence-electron chi connectivity index (χ3n) is 0.367. The van der Waals surface area contributed by atoms with Crippen molar-refractivity contribution in [1.82, 2.24) is 0 Å². The molecule has 2 nitrogen and oxygen atoms in total. The Morgan fingerprint density at radius 1 is 1.67 bits per heavy atom. The first-order valence-corrected chi connectivity index (χ1v) is 9.37. The van der Waals surface area contributed by atoms with E-state index in [0.29, 0.717) is 0 Å². The van der Waals surface area contributed by atoms with Crippen molar-refractivity contribution >= 4 is 19.6 Å². The van der Waals surface area contributed by atoms with E-state index in [1.807, 2.05) is 0 Å². The third kappa shape index (κ3) is 17.8. The van der Waals surface area contributed by atoms with Gasteiger partial charge in [0, 0.05) is 0 Å². The number of carbonyl (C=O) groups excluding carboxylic acids is 1. The van der Waals surface area contributed by atoms with Gasteiger partial charge < -0.3 is 4.74 Å². The van der Waals surface area contributed by atoms with Crippen LogP contribution in [0.1, 0.15) is 13.8 Å². The Kier molecular flexibility index (Phi) is 11.4. The van der Waals surface area contributed by atoms with Gasteiger partial charge in [-0.05, 0) is 13.8 Å². The first kappa shape index (κ1) is 12.2. The Bertz CT molecular complexity index is 75.4. The van der Waals surface area contributed by atoms with E-state index in [1.54, 1.807) is 13.8 Å². The van der Waals surface area contributed by atoms with Crippen molar-refractivity contribution in [2.24, 2.45) is 0 Å². The molecule has 0 rings (SSSR count). The van der Waals surface area contributed by atoms with E-state index >= 15 is 0 Å². The molecule has 0 aliphatic rings. The summed E-state index contributed by atoms with van der Waals surface area (Å²) in [5.41, 5.74) is 0. The summed E-state index contributed by atoms with van der Waals surface area (Å²) in [4.78, 5) is 9.92. The Morgan fingerprint density at radius 3 is 2.00 bits per heavy atom. The maximum absolute atomic E-state index is 9.92. The van der Waals surface area contributed by atoms with Crippen LogP contribution in [-0.2, 0) is 25.9 Å². The molecule has 0 aromatic carbocycles. The van der Waals surface area contributed by atoms with Crippen LogP contribution in [0.15, 0.2) is 0 Å². The van der Waals surface area contributed by atoms with Crippen molar-refractivity contribution in [1.29, 1.82) is 0 Å². The topological polar surface area (TPSA) is 26.3 Å². The fraction of sp³-hybridized carbons (Fsp3) is 0.600. The minimum atomic E-state index is -0.463. The molecular weight excluding hydrogens is 237 g/mol. The molecule has 0 atom stereocenters. The molecule has 0 bridgehead atoms. The van der Waals surface area contributed by atoms with Crippen LogP contribution in [0.2, 0.25) is 0 Å². The first-order chi connectivity index (χ1) is 4.13. The molecule has 0 radical (unpaired) electrons. The number of halogens is 1. The molecule has 50 valence electrons. The average molecular weight is 246 g/mol. The van der Waals surface area contributed by atoms with Crippen molar-refractivity contribution in [3.05, 3.63) is 6.92 Å². The van der Waals surface area contributed by atoms with E-state index in [1.165, 1.54) is 16.3 Å². The number of carbonyl (C=O) groups is 1. The number of rotatable bonds is 1. The second-order valence-corrected chi connectivity index (χ2v) is 1.54. The van der Waals surface area contributed by atoms with E-state index in [9.17, 15) is 4.79 Å². The van der Waals surface area contributed by atoms with Crippen molar-refractivity contribution in [2.75, 3.05) is 0 Å². The summed E-state index contributed by atoms with van der Waals surface area (Å²) in [6.07, 6.45) is -0.0370. The van der Waals surface area contributed by atoms with Crippen LogP contribution in [0.25, 0.3) is 0 Å². The van der Waals surface area contributed by atoms with Crippen LogP contribution in [-0.4, -0.2) is 12.1 Å². The third-order valence-corrected chi connectivity index (χ3v) is 0.367. The molecule has 0 heterocycles. The summed E-state index contributed by atoms with van der Waals surface area (Å²) < 4.78 is 4.50. The Morgan fingerprint density at radius 2 is 2.00 bits per heavy atom. The SMILES string of the molecule is [CH2-]C(=O)OC(C)C.[Zn+][Br]. The van der Waals surface area contributed by atoms with E-state index < -0.39 is 5.97 Å². The molecule has 0 fully saturated rings. The fourth-order valence-corrected chi connectivity index (χ4v) is 0.263. The monoisotopic (exact) mass is 244 g/mol. The van der Waals surface area contributed by atoms with Gasteiger partial charge in [-0.15, -0.1) is 0 Å². The molecule has 0 aliphatic heterocycles. The standard InChI is InChI=1S/C5H9O2.BrH.Zn/c1-4(2)7-5(3)6;;/h4H,3H2,1-2H3;1H;/q-1;;+2/p-1. The molecule has 0 aliphatic carbocycles. The molecule has 0 aromatic rings. The predicted octanol–water partition coefficient (Wildman–Crippen LogP) is 1.62. The summed E-state index contributed by atoms with van der Waals surface area (Å²) in [5, 5.41) is 0. The zero-order chi connectivity index (χ0) is 7.86. The fourth-order valence-electron chi connectivity index (χ4n) is 0.263. The molecule has 0 N–H and O–H groups in total. The zero-order valence-corrected chi connectivity index (χ0v) is 10.2. The van der Waals surface area contributed by atoms with Crippen molar-refractivity contribution in [3.8, 4) is 0 Å². The molecule has 0 aromatic heterocycles. The molecule has 4 heteroatoms. The minimum absolute atomic E-state index is 0.0370. The van der Waals surface area contributed by atoms with Gasteiger partial charge in [0.25, 0.3) is 0 Å². The molecule has 9 heavy (non-hydrogen) atoms. The van der Waals surface area contributed by atoms with Crippen molar-refractivity contribution in [2.45, 2.75) is 20.0 Å². The average Bonchev–Trinajstić information content (AvgIpc) is 1.68. The quantitative estimate of drug-likeness (QED) is 0.399. The molecule has 0 saturated heterocycles. The molecule has 0 saturated carbocycles. The molecule has 0 spiro atoms. The first-order valence-electron chi connectivity index (χ1n) is 2.42. The van der Waals surface area contributed by atoms with Gasteiger partial charge >= 0.3 is 30.0 Å². The van der Waals surface area contributed by atoms with Crippen LogP contribution >= 0.6 is 13.6 Å². The summed E-state index contributed by atoms with van der Waals surface area (Å²) in [5.74, 6) is -0.463. The van der Waals surface area contributed by atoms with Gasteiger partial charge in [0.1, 0.15) is 0 Å². The van der Waals surface area contributed by atoms with E-state index in [0.717, 1.165) is 0 Å². The Labute approximate surface area is 72.4 Å². The van der Waals surface area contributed by atoms with Gasteiger partial charge in [-0.1, -0.05) is 0 Å². The van der Waals surface area contributed by atoms with Crippen molar-refractivity contribution < 1.29 is 25.9 Å². The maximum atomic E-state index is 9.92. The number of hydrogen-bond acceptors (Lipinski definition) is 2. The van der Waals surface area contributed by atoms with E-state index in [2.05, 4.69) is 25.3 Å². The van der Waals surface area contributed by atoms with Gasteiger partial charge in [-0.2, -0.15) is 0 Å². The van der Waals surface area contributed by atoms with Crippen LogP contribution in [0.5, 0.6) is 0 Å². The van der Waals surface area contributed by atoms with Gasteiger partial charge in [0.05, 0.1) is 6.10 Å².